The van der Waals surface area contributed by atoms with Gasteiger partial charge < -0.3 is 4.90 Å². The van der Waals surface area contributed by atoms with Gasteiger partial charge in [-0.1, -0.05) is 18.6 Å². The fourth-order valence-corrected chi connectivity index (χ4v) is 3.73. The summed E-state index contributed by atoms with van der Waals surface area (Å²) in [5, 5.41) is 0. The summed E-state index contributed by atoms with van der Waals surface area (Å²) in [5.74, 6) is 0.0918. The lowest BCUT2D eigenvalue weighted by Gasteiger charge is -2.26. The van der Waals surface area contributed by atoms with Crippen LogP contribution in [0.3, 0.4) is 0 Å². The second-order valence-corrected chi connectivity index (χ2v) is 7.41. The summed E-state index contributed by atoms with van der Waals surface area (Å²) < 4.78 is 24.5. The molecule has 0 atom stereocenters. The van der Waals surface area contributed by atoms with Crippen molar-refractivity contribution in [1.82, 2.24) is 4.90 Å². The van der Waals surface area contributed by atoms with Gasteiger partial charge in [0.2, 0.25) is 0 Å². The van der Waals surface area contributed by atoms with E-state index in [4.69, 9.17) is 0 Å². The average Bonchev–Trinajstić information content (AvgIpc) is 2.46. The van der Waals surface area contributed by atoms with Crippen LogP contribution in [0.5, 0.6) is 0 Å². The summed E-state index contributed by atoms with van der Waals surface area (Å²) in [6.07, 6.45) is 3.57. The van der Waals surface area contributed by atoms with E-state index >= 15 is 0 Å². The maximum Gasteiger partial charge on any atom is 0.179 e. The molecule has 1 saturated heterocycles. The first-order chi connectivity index (χ1) is 9.49. The van der Waals surface area contributed by atoms with E-state index in [0.717, 1.165) is 25.9 Å². The fraction of sp³-hybridized carbons (Fsp3) is 0.533. The van der Waals surface area contributed by atoms with Gasteiger partial charge >= 0.3 is 0 Å². The number of Topliss-reactive ketones (excluding diaryl/α,β-unsaturated/α-hetero) is 1. The smallest absolute Gasteiger partial charge is 0.179 e. The second-order valence-electron chi connectivity index (χ2n) is 5.30. The number of hydrogen-bond acceptors (Lipinski definition) is 4. The molecular weight excluding hydrogens is 274 g/mol. The van der Waals surface area contributed by atoms with Crippen LogP contribution in [-0.2, 0) is 9.84 Å². The molecule has 0 radical (unpaired) electrons. The van der Waals surface area contributed by atoms with Crippen molar-refractivity contribution >= 4 is 15.6 Å². The fourth-order valence-electron chi connectivity index (χ4n) is 2.45. The summed E-state index contributed by atoms with van der Waals surface area (Å²) in [6.45, 7) is 4.06. The Morgan fingerprint density at radius 2 is 1.70 bits per heavy atom. The van der Waals surface area contributed by atoms with Gasteiger partial charge in [-0.15, -0.1) is 0 Å². The summed E-state index contributed by atoms with van der Waals surface area (Å²) in [4.78, 5) is 13.7. The van der Waals surface area contributed by atoms with Crippen molar-refractivity contribution in [3.05, 3.63) is 29.8 Å². The molecule has 0 unspecified atom stereocenters. The Kier molecular flexibility index (Phi) is 4.94. The highest BCUT2D eigenvalue weighted by Gasteiger charge is 2.18. The molecular formula is C15H21NO3S. The Balaban J connectivity index is 2.00. The molecule has 2 rings (SSSR count). The van der Waals surface area contributed by atoms with Gasteiger partial charge in [0.05, 0.1) is 10.6 Å². The predicted octanol–water partition coefficient (Wildman–Crippen LogP) is 2.15. The summed E-state index contributed by atoms with van der Waals surface area (Å²) in [6, 6.07) is 6.22. The van der Waals surface area contributed by atoms with Crippen molar-refractivity contribution in [2.24, 2.45) is 0 Å². The standard InChI is InChI=1S/C15H21NO3S/c1-13(17)14-5-7-15(8-6-14)20(18,19)12-11-16-9-3-2-4-10-16/h5-8H,2-4,9-12H2,1H3. The molecule has 1 aliphatic rings. The molecule has 0 aromatic heterocycles. The molecule has 1 aliphatic heterocycles. The molecule has 1 aromatic carbocycles. The van der Waals surface area contributed by atoms with Crippen molar-refractivity contribution in [1.29, 1.82) is 0 Å². The third-order valence-corrected chi connectivity index (χ3v) is 5.46. The number of piperidine rings is 1. The summed E-state index contributed by atoms with van der Waals surface area (Å²) in [7, 11) is -3.26. The first kappa shape index (κ1) is 15.2. The van der Waals surface area contributed by atoms with Crippen molar-refractivity contribution in [3.8, 4) is 0 Å². The van der Waals surface area contributed by atoms with Crippen LogP contribution >= 0.6 is 0 Å². The number of rotatable bonds is 5. The minimum atomic E-state index is -3.26. The molecule has 0 spiro atoms. The first-order valence-electron chi connectivity index (χ1n) is 7.05. The van der Waals surface area contributed by atoms with E-state index in [1.165, 1.54) is 25.5 Å². The monoisotopic (exact) mass is 295 g/mol. The number of ketones is 1. The normalized spacial score (nSPS) is 17.1. The second kappa shape index (κ2) is 6.50. The van der Waals surface area contributed by atoms with E-state index in [1.807, 2.05) is 0 Å². The number of carbonyl (C=O) groups excluding carboxylic acids is 1. The van der Waals surface area contributed by atoms with Crippen LogP contribution in [-0.4, -0.2) is 44.5 Å². The van der Waals surface area contributed by atoms with Crippen molar-refractivity contribution < 1.29 is 13.2 Å². The zero-order valence-corrected chi connectivity index (χ0v) is 12.7. The topological polar surface area (TPSA) is 54.5 Å². The van der Waals surface area contributed by atoms with Gasteiger partial charge in [-0.3, -0.25) is 4.79 Å². The molecule has 0 bridgehead atoms. The van der Waals surface area contributed by atoms with E-state index in [9.17, 15) is 13.2 Å². The number of nitrogens with zero attached hydrogens (tertiary/aromatic N) is 1. The highest BCUT2D eigenvalue weighted by atomic mass is 32.2. The maximum atomic E-state index is 12.2. The lowest BCUT2D eigenvalue weighted by molar-refractivity contribution is 0.101. The Morgan fingerprint density at radius 1 is 1.10 bits per heavy atom. The molecule has 0 amide bonds. The molecule has 4 nitrogen and oxygen atoms in total. The van der Waals surface area contributed by atoms with E-state index in [-0.39, 0.29) is 11.5 Å². The number of benzene rings is 1. The van der Waals surface area contributed by atoms with Crippen molar-refractivity contribution in [2.75, 3.05) is 25.4 Å². The molecule has 5 heteroatoms. The Morgan fingerprint density at radius 3 is 2.25 bits per heavy atom. The van der Waals surface area contributed by atoms with Crippen LogP contribution < -0.4 is 0 Å². The maximum absolute atomic E-state index is 12.2. The average molecular weight is 295 g/mol. The van der Waals surface area contributed by atoms with Crippen molar-refractivity contribution in [3.63, 3.8) is 0 Å². The SMILES string of the molecule is CC(=O)c1ccc(S(=O)(=O)CCN2CCCCC2)cc1. The predicted molar refractivity (Wildman–Crippen MR) is 78.8 cm³/mol. The van der Waals surface area contributed by atoms with Gasteiger partial charge in [-0.25, -0.2) is 8.42 Å². The quantitative estimate of drug-likeness (QED) is 0.781. The van der Waals surface area contributed by atoms with Crippen LogP contribution in [0.15, 0.2) is 29.2 Å². The summed E-state index contributed by atoms with van der Waals surface area (Å²) >= 11 is 0. The third kappa shape index (κ3) is 3.90. The molecule has 0 saturated carbocycles. The molecule has 1 heterocycles. The number of carbonyl (C=O) groups is 1. The number of likely N-dealkylation sites (tertiary alicyclic amines) is 1. The first-order valence-corrected chi connectivity index (χ1v) is 8.70. The van der Waals surface area contributed by atoms with Gasteiger partial charge in [0, 0.05) is 12.1 Å². The molecule has 110 valence electrons. The van der Waals surface area contributed by atoms with E-state index in [0.29, 0.717) is 17.0 Å². The lowest BCUT2D eigenvalue weighted by Crippen LogP contribution is -2.33. The molecule has 1 aromatic rings. The third-order valence-electron chi connectivity index (χ3n) is 3.74. The lowest BCUT2D eigenvalue weighted by atomic mass is 10.1. The van der Waals surface area contributed by atoms with Crippen LogP contribution in [0, 0.1) is 0 Å². The molecule has 0 aliphatic carbocycles. The zero-order valence-electron chi connectivity index (χ0n) is 11.8. The Labute approximate surface area is 120 Å². The van der Waals surface area contributed by atoms with E-state index in [1.54, 1.807) is 12.1 Å². The van der Waals surface area contributed by atoms with Crippen LogP contribution in [0.25, 0.3) is 0 Å². The van der Waals surface area contributed by atoms with Gasteiger partial charge in [0.15, 0.2) is 15.6 Å². The summed E-state index contributed by atoms with van der Waals surface area (Å²) in [5.41, 5.74) is 0.542. The van der Waals surface area contributed by atoms with Crippen molar-refractivity contribution in [2.45, 2.75) is 31.1 Å². The van der Waals surface area contributed by atoms with E-state index in [2.05, 4.69) is 4.90 Å². The van der Waals surface area contributed by atoms with Gasteiger partial charge in [-0.05, 0) is 45.0 Å². The zero-order chi connectivity index (χ0) is 14.6. The van der Waals surface area contributed by atoms with Crippen LogP contribution in [0.1, 0.15) is 36.5 Å². The number of hydrogen-bond donors (Lipinski definition) is 0. The van der Waals surface area contributed by atoms with Gasteiger partial charge in [0.25, 0.3) is 0 Å². The van der Waals surface area contributed by atoms with Gasteiger partial charge in [-0.2, -0.15) is 0 Å². The molecule has 20 heavy (non-hydrogen) atoms. The van der Waals surface area contributed by atoms with Crippen LogP contribution in [0.2, 0.25) is 0 Å². The minimum Gasteiger partial charge on any atom is -0.302 e. The molecule has 1 fully saturated rings. The van der Waals surface area contributed by atoms with Gasteiger partial charge in [0.1, 0.15) is 0 Å². The highest BCUT2D eigenvalue weighted by molar-refractivity contribution is 7.91. The molecule has 0 N–H and O–H groups in total. The Bertz CT molecular complexity index is 557. The minimum absolute atomic E-state index is 0.0535. The number of sulfone groups is 1. The van der Waals surface area contributed by atoms with Crippen LogP contribution in [0.4, 0.5) is 0 Å². The highest BCUT2D eigenvalue weighted by Crippen LogP contribution is 2.14. The Hall–Kier alpha value is -1.20. The largest absolute Gasteiger partial charge is 0.302 e. The van der Waals surface area contributed by atoms with E-state index < -0.39 is 9.84 Å².